The number of pyridine rings is 1. The zero-order valence-electron chi connectivity index (χ0n) is 24.1. The summed E-state index contributed by atoms with van der Waals surface area (Å²) in [5.74, 6) is -0.562. The van der Waals surface area contributed by atoms with Gasteiger partial charge in [0.05, 0.1) is 22.6 Å². The number of rotatable bonds is 7. The summed E-state index contributed by atoms with van der Waals surface area (Å²) in [6.45, 7) is 5.02. The summed E-state index contributed by atoms with van der Waals surface area (Å²) in [6.07, 6.45) is -0.318. The normalized spacial score (nSPS) is 20.0. The van der Waals surface area contributed by atoms with Crippen LogP contribution in [0.25, 0.3) is 10.9 Å². The fourth-order valence-electron chi connectivity index (χ4n) is 6.17. The number of alkyl halides is 3. The van der Waals surface area contributed by atoms with E-state index in [1.807, 2.05) is 30.9 Å². The standard InChI is InChI=1S/C29H28ClF3N8O2S/c1-13-7-16(14(2)36-20-5-6-21(30)37-24(20)25(42)39-44-4)23-17(8-13)26(43)40(3)28(38-23)41-11-18-19(12-41)22(18)15-9-34-27(35-10-15)29(31,32)33/h5-10,14,18-19,22,36H,11-12H2,1-4H3,(H,39,42). The quantitative estimate of drug-likeness (QED) is 0.209. The summed E-state index contributed by atoms with van der Waals surface area (Å²) in [5, 5.41) is 4.00. The predicted octanol–water partition coefficient (Wildman–Crippen LogP) is 5.13. The highest BCUT2D eigenvalue weighted by Gasteiger charge is 2.57. The largest absolute Gasteiger partial charge is 0.451 e. The van der Waals surface area contributed by atoms with Gasteiger partial charge in [0.1, 0.15) is 5.15 Å². The van der Waals surface area contributed by atoms with Crippen LogP contribution >= 0.6 is 23.5 Å². The number of fused-ring (bicyclic) bond motifs is 2. The summed E-state index contributed by atoms with van der Waals surface area (Å²) < 4.78 is 42.9. The molecule has 3 unspecified atom stereocenters. The van der Waals surface area contributed by atoms with Crippen molar-refractivity contribution in [3.63, 3.8) is 0 Å². The van der Waals surface area contributed by atoms with E-state index in [1.165, 1.54) is 12.4 Å². The molecule has 0 bridgehead atoms. The van der Waals surface area contributed by atoms with Crippen LogP contribution in [-0.4, -0.2) is 49.8 Å². The lowest BCUT2D eigenvalue weighted by Gasteiger charge is -2.25. The first-order chi connectivity index (χ1) is 20.9. The number of piperidine rings is 1. The van der Waals surface area contributed by atoms with Crippen molar-refractivity contribution >= 4 is 52.0 Å². The van der Waals surface area contributed by atoms with Crippen molar-refractivity contribution in [1.29, 1.82) is 0 Å². The number of nitrogens with zero attached hydrogens (tertiary/aromatic N) is 6. The second-order valence-corrected chi connectivity index (χ2v) is 12.2. The summed E-state index contributed by atoms with van der Waals surface area (Å²) in [6, 6.07) is 6.68. The maximum Gasteiger partial charge on any atom is 0.451 e. The molecule has 2 fully saturated rings. The Morgan fingerprint density at radius 3 is 2.45 bits per heavy atom. The Bertz CT molecular complexity index is 1820. The Morgan fingerprint density at radius 1 is 1.14 bits per heavy atom. The van der Waals surface area contributed by atoms with Gasteiger partial charge in [-0.25, -0.2) is 19.9 Å². The van der Waals surface area contributed by atoms with Crippen LogP contribution in [0.1, 0.15) is 51.9 Å². The second kappa shape index (κ2) is 11.2. The van der Waals surface area contributed by atoms with Gasteiger partial charge in [-0.15, -0.1) is 0 Å². The molecular formula is C29H28ClF3N8O2S. The first kappa shape index (κ1) is 30.1. The van der Waals surface area contributed by atoms with Crippen molar-refractivity contribution in [2.45, 2.75) is 32.0 Å². The molecule has 4 heterocycles. The van der Waals surface area contributed by atoms with Gasteiger partial charge in [-0.3, -0.25) is 18.9 Å². The third-order valence-electron chi connectivity index (χ3n) is 8.23. The van der Waals surface area contributed by atoms with Crippen molar-refractivity contribution in [1.82, 2.24) is 29.2 Å². The first-order valence-corrected chi connectivity index (χ1v) is 15.4. The second-order valence-electron chi connectivity index (χ2n) is 11.2. The zero-order chi connectivity index (χ0) is 31.5. The van der Waals surface area contributed by atoms with Crippen molar-refractivity contribution in [3.05, 3.63) is 80.4 Å². The van der Waals surface area contributed by atoms with Crippen LogP contribution in [0.2, 0.25) is 5.15 Å². The number of nitrogens with one attached hydrogen (secondary N) is 2. The van der Waals surface area contributed by atoms with Gasteiger partial charge in [-0.05, 0) is 60.9 Å². The predicted molar refractivity (Wildman–Crippen MR) is 163 cm³/mol. The zero-order valence-corrected chi connectivity index (χ0v) is 25.7. The van der Waals surface area contributed by atoms with Crippen LogP contribution in [0.4, 0.5) is 24.8 Å². The number of carbonyl (C=O) groups is 1. The van der Waals surface area contributed by atoms with Crippen LogP contribution in [0.5, 0.6) is 0 Å². The van der Waals surface area contributed by atoms with Gasteiger partial charge in [-0.2, -0.15) is 13.2 Å². The van der Waals surface area contributed by atoms with Crippen LogP contribution in [-0.2, 0) is 13.2 Å². The van der Waals surface area contributed by atoms with Gasteiger partial charge in [0.15, 0.2) is 5.69 Å². The van der Waals surface area contributed by atoms with Crippen molar-refractivity contribution in [2.24, 2.45) is 18.9 Å². The molecule has 1 saturated carbocycles. The van der Waals surface area contributed by atoms with Crippen LogP contribution in [0, 0.1) is 18.8 Å². The molecule has 1 aliphatic heterocycles. The average Bonchev–Trinajstić information content (AvgIpc) is 3.48. The molecule has 1 aliphatic carbocycles. The Balaban J connectivity index is 1.29. The van der Waals surface area contributed by atoms with Gasteiger partial charge in [0.2, 0.25) is 11.8 Å². The molecule has 1 saturated heterocycles. The number of carbonyl (C=O) groups excluding carboxylic acids is 1. The Hall–Kier alpha value is -3.91. The fourth-order valence-corrected chi connectivity index (χ4v) is 6.60. The molecule has 4 aromatic rings. The molecule has 1 aromatic carbocycles. The van der Waals surface area contributed by atoms with Crippen LogP contribution in [0.3, 0.4) is 0 Å². The highest BCUT2D eigenvalue weighted by atomic mass is 35.5. The van der Waals surface area contributed by atoms with E-state index in [4.69, 9.17) is 16.6 Å². The van der Waals surface area contributed by atoms with Gasteiger partial charge < -0.3 is 10.2 Å². The monoisotopic (exact) mass is 644 g/mol. The minimum atomic E-state index is -4.58. The van der Waals surface area contributed by atoms with Crippen LogP contribution < -0.4 is 20.5 Å². The number of aryl methyl sites for hydroxylation is 1. The van der Waals surface area contributed by atoms with Crippen molar-refractivity contribution in [3.8, 4) is 0 Å². The summed E-state index contributed by atoms with van der Waals surface area (Å²) in [4.78, 5) is 44.6. The molecule has 15 heteroatoms. The lowest BCUT2D eigenvalue weighted by molar-refractivity contribution is -0.145. The van der Waals surface area contributed by atoms with E-state index in [9.17, 15) is 22.8 Å². The fraction of sp³-hybridized carbons (Fsp3) is 0.379. The molecule has 1 amide bonds. The maximum atomic E-state index is 13.6. The SMILES string of the molecule is CSNC(=O)c1nc(Cl)ccc1NC(C)c1cc(C)cc2c(=O)n(C)c(N3CC4C(C3)C4c3cnc(C(F)(F)F)nc3)nc12. The van der Waals surface area contributed by atoms with E-state index in [0.717, 1.165) is 23.1 Å². The van der Waals surface area contributed by atoms with E-state index in [1.54, 1.807) is 30.0 Å². The van der Waals surface area contributed by atoms with Gasteiger partial charge in [0, 0.05) is 44.4 Å². The number of hydrogen-bond donors (Lipinski definition) is 2. The van der Waals surface area contributed by atoms with E-state index in [0.29, 0.717) is 41.2 Å². The number of amides is 1. The molecule has 10 nitrogen and oxygen atoms in total. The average molecular weight is 645 g/mol. The molecule has 2 N–H and O–H groups in total. The third-order valence-corrected chi connectivity index (χ3v) is 8.83. The number of benzene rings is 1. The number of aromatic nitrogens is 5. The van der Waals surface area contributed by atoms with Gasteiger partial charge >= 0.3 is 6.18 Å². The third kappa shape index (κ3) is 5.45. The first-order valence-electron chi connectivity index (χ1n) is 13.8. The van der Waals surface area contributed by atoms with Gasteiger partial charge in [-0.1, -0.05) is 29.6 Å². The van der Waals surface area contributed by atoms with Crippen molar-refractivity contribution < 1.29 is 18.0 Å². The minimum Gasteiger partial charge on any atom is -0.377 e. The lowest BCUT2D eigenvalue weighted by Crippen LogP contribution is -2.32. The lowest BCUT2D eigenvalue weighted by atomic mass is 10.0. The molecule has 0 spiro atoms. The number of anilines is 2. The summed E-state index contributed by atoms with van der Waals surface area (Å²) >= 11 is 7.23. The molecule has 3 aromatic heterocycles. The molecule has 3 atom stereocenters. The Morgan fingerprint density at radius 2 is 1.82 bits per heavy atom. The molecule has 0 radical (unpaired) electrons. The highest BCUT2D eigenvalue weighted by molar-refractivity contribution is 7.97. The topological polar surface area (TPSA) is 118 Å². The molecule has 6 rings (SSSR count). The smallest absolute Gasteiger partial charge is 0.377 e. The van der Waals surface area contributed by atoms with E-state index in [2.05, 4.69) is 25.0 Å². The Labute approximate surface area is 259 Å². The number of hydrogen-bond acceptors (Lipinski definition) is 9. The summed E-state index contributed by atoms with van der Waals surface area (Å²) in [7, 11) is 1.69. The molecule has 2 aliphatic rings. The van der Waals surface area contributed by atoms with Crippen LogP contribution in [0.15, 0.2) is 41.5 Å². The minimum absolute atomic E-state index is 0.0685. The van der Waals surface area contributed by atoms with E-state index in [-0.39, 0.29) is 40.2 Å². The molecule has 44 heavy (non-hydrogen) atoms. The van der Waals surface area contributed by atoms with E-state index < -0.39 is 17.9 Å². The van der Waals surface area contributed by atoms with Gasteiger partial charge in [0.25, 0.3) is 11.5 Å². The van der Waals surface area contributed by atoms with E-state index >= 15 is 0 Å². The molecular weight excluding hydrogens is 617 g/mol. The Kier molecular flexibility index (Phi) is 7.68. The maximum absolute atomic E-state index is 13.6. The number of halogens is 4. The molecule has 230 valence electrons. The van der Waals surface area contributed by atoms with Crippen molar-refractivity contribution in [2.75, 3.05) is 29.6 Å². The summed E-state index contributed by atoms with van der Waals surface area (Å²) in [5.41, 5.74) is 3.31. The highest BCUT2D eigenvalue weighted by Crippen LogP contribution is 2.58.